The molecule has 2 heterocycles. The van der Waals surface area contributed by atoms with E-state index < -0.39 is 6.10 Å². The third-order valence-electron chi connectivity index (χ3n) is 7.23. The Hall–Kier alpha value is -3.88. The summed E-state index contributed by atoms with van der Waals surface area (Å²) in [7, 11) is 1.59. The number of aliphatic hydroxyl groups excluding tert-OH is 1. The van der Waals surface area contributed by atoms with Crippen LogP contribution in [0.3, 0.4) is 0 Å². The number of phenols is 1. The van der Waals surface area contributed by atoms with Gasteiger partial charge in [-0.1, -0.05) is 12.1 Å². The molecule has 2 atom stereocenters. The van der Waals surface area contributed by atoms with Crippen LogP contribution in [0.2, 0.25) is 0 Å². The van der Waals surface area contributed by atoms with Gasteiger partial charge >= 0.3 is 0 Å². The van der Waals surface area contributed by atoms with E-state index in [9.17, 15) is 19.8 Å². The molecule has 0 aromatic heterocycles. The molecule has 8 heteroatoms. The minimum absolute atomic E-state index is 0.0279. The molecule has 0 fully saturated rings. The lowest BCUT2D eigenvalue weighted by Crippen LogP contribution is -2.49. The predicted octanol–water partition coefficient (Wildman–Crippen LogP) is 2.40. The fraction of sp³-hybridized carbons (Fsp3) is 0.310. The first kappa shape index (κ1) is 24.8. The molecule has 5 rings (SSSR count). The van der Waals surface area contributed by atoms with Crippen LogP contribution in [0.15, 0.2) is 60.7 Å². The van der Waals surface area contributed by atoms with Crippen molar-refractivity contribution < 1.29 is 24.5 Å². The molecule has 0 saturated heterocycles. The number of carbonyl (C=O) groups is 2. The van der Waals surface area contributed by atoms with E-state index >= 15 is 0 Å². The van der Waals surface area contributed by atoms with E-state index in [1.165, 1.54) is 0 Å². The van der Waals surface area contributed by atoms with Crippen molar-refractivity contribution in [3.05, 3.63) is 94.0 Å². The van der Waals surface area contributed by atoms with Crippen LogP contribution >= 0.6 is 0 Å². The van der Waals surface area contributed by atoms with E-state index in [1.807, 2.05) is 23.1 Å². The molecule has 2 amide bonds. The van der Waals surface area contributed by atoms with Crippen LogP contribution < -0.4 is 15.4 Å². The number of benzene rings is 3. The van der Waals surface area contributed by atoms with E-state index in [0.29, 0.717) is 49.4 Å². The van der Waals surface area contributed by atoms with E-state index in [0.717, 1.165) is 22.3 Å². The van der Waals surface area contributed by atoms with Gasteiger partial charge in [0.05, 0.1) is 13.2 Å². The highest BCUT2D eigenvalue weighted by molar-refractivity contribution is 5.95. The van der Waals surface area contributed by atoms with Gasteiger partial charge in [0, 0.05) is 43.3 Å². The molecule has 1 unspecified atom stereocenters. The van der Waals surface area contributed by atoms with Crippen molar-refractivity contribution in [3.8, 4) is 11.5 Å². The smallest absolute Gasteiger partial charge is 0.254 e. The monoisotopic (exact) mass is 501 g/mol. The maximum atomic E-state index is 12.9. The maximum Gasteiger partial charge on any atom is 0.254 e. The number of fused-ring (bicyclic) bond motifs is 2. The van der Waals surface area contributed by atoms with Crippen LogP contribution in [0.1, 0.15) is 43.0 Å². The zero-order valence-electron chi connectivity index (χ0n) is 20.7. The third-order valence-corrected chi connectivity index (χ3v) is 7.23. The van der Waals surface area contributed by atoms with Gasteiger partial charge < -0.3 is 30.5 Å². The molecule has 0 radical (unpaired) electrons. The molecule has 0 bridgehead atoms. The highest BCUT2D eigenvalue weighted by Gasteiger charge is 2.26. The highest BCUT2D eigenvalue weighted by Crippen LogP contribution is 2.24. The Balaban J connectivity index is 1.16. The number of hydrogen-bond donors (Lipinski definition) is 4. The molecule has 37 heavy (non-hydrogen) atoms. The third kappa shape index (κ3) is 5.45. The van der Waals surface area contributed by atoms with Crippen molar-refractivity contribution in [2.45, 2.75) is 38.1 Å². The van der Waals surface area contributed by atoms with E-state index in [1.54, 1.807) is 49.6 Å². The van der Waals surface area contributed by atoms with Gasteiger partial charge in [0.15, 0.2) is 0 Å². The number of nitrogens with zero attached hydrogens (tertiary/aromatic N) is 1. The SMILES string of the molecule is COc1ccc(C(=O)N2CCc3cc(C(=O)NCC(O)[C@@H]4Cc5ccc(O)cc5CN4)ccc3C2)cc1. The number of ether oxygens (including phenoxy) is 1. The summed E-state index contributed by atoms with van der Waals surface area (Å²) < 4.78 is 5.17. The number of nitrogens with one attached hydrogen (secondary N) is 2. The number of aromatic hydroxyl groups is 1. The Morgan fingerprint density at radius 2 is 1.78 bits per heavy atom. The number of carbonyl (C=O) groups excluding carboxylic acids is 2. The van der Waals surface area contributed by atoms with Gasteiger partial charge in [0.25, 0.3) is 11.8 Å². The Labute approximate surface area is 215 Å². The molecular weight excluding hydrogens is 470 g/mol. The summed E-state index contributed by atoms with van der Waals surface area (Å²) in [5, 5.41) is 26.5. The molecule has 3 aromatic rings. The highest BCUT2D eigenvalue weighted by atomic mass is 16.5. The molecule has 2 aliphatic heterocycles. The Morgan fingerprint density at radius 1 is 1.03 bits per heavy atom. The van der Waals surface area contributed by atoms with Crippen molar-refractivity contribution in [2.75, 3.05) is 20.2 Å². The van der Waals surface area contributed by atoms with Gasteiger partial charge in [0.2, 0.25) is 0 Å². The van der Waals surface area contributed by atoms with Gasteiger partial charge in [-0.05, 0) is 83.6 Å². The van der Waals surface area contributed by atoms with Gasteiger partial charge in [-0.2, -0.15) is 0 Å². The van der Waals surface area contributed by atoms with E-state index in [-0.39, 0.29) is 30.2 Å². The van der Waals surface area contributed by atoms with Crippen LogP contribution in [0, 0.1) is 0 Å². The van der Waals surface area contributed by atoms with Crippen molar-refractivity contribution in [1.82, 2.24) is 15.5 Å². The lowest BCUT2D eigenvalue weighted by molar-refractivity contribution is 0.0734. The summed E-state index contributed by atoms with van der Waals surface area (Å²) in [5.74, 6) is 0.674. The number of methoxy groups -OCH3 is 1. The van der Waals surface area contributed by atoms with E-state index in [4.69, 9.17) is 4.74 Å². The zero-order chi connectivity index (χ0) is 25.9. The largest absolute Gasteiger partial charge is 0.508 e. The molecule has 4 N–H and O–H groups in total. The summed E-state index contributed by atoms with van der Waals surface area (Å²) in [6.45, 7) is 1.76. The fourth-order valence-corrected chi connectivity index (χ4v) is 5.02. The summed E-state index contributed by atoms with van der Waals surface area (Å²) in [5.41, 5.74) is 5.35. The second-order valence-electron chi connectivity index (χ2n) is 9.61. The minimum Gasteiger partial charge on any atom is -0.508 e. The normalized spacial score (nSPS) is 17.4. The van der Waals surface area contributed by atoms with Crippen LogP contribution in [0.5, 0.6) is 11.5 Å². The summed E-state index contributed by atoms with van der Waals surface area (Å²) >= 11 is 0. The maximum absolute atomic E-state index is 12.9. The van der Waals surface area contributed by atoms with E-state index in [2.05, 4.69) is 10.6 Å². The molecule has 8 nitrogen and oxygen atoms in total. The lowest BCUT2D eigenvalue weighted by atomic mass is 9.92. The quantitative estimate of drug-likeness (QED) is 0.413. The van der Waals surface area contributed by atoms with Gasteiger partial charge in [-0.3, -0.25) is 9.59 Å². The van der Waals surface area contributed by atoms with Crippen LogP contribution in [-0.2, 0) is 25.9 Å². The molecule has 0 saturated carbocycles. The van der Waals surface area contributed by atoms with Gasteiger partial charge in [-0.15, -0.1) is 0 Å². The standard InChI is InChI=1S/C29H31N3O5/c1-37-25-8-5-18(6-9-25)29(36)32-11-10-20-12-21(2-3-22(20)17-32)28(35)31-16-27(34)26-14-19-4-7-24(33)13-23(19)15-30-26/h2-9,12-13,26-27,30,33-34H,10-11,14-17H2,1H3,(H,31,35)/t26-,27?/m0/s1. The topological polar surface area (TPSA) is 111 Å². The fourth-order valence-electron chi connectivity index (χ4n) is 5.02. The Kier molecular flexibility index (Phi) is 7.12. The molecular formula is C29H31N3O5. The Morgan fingerprint density at radius 3 is 2.57 bits per heavy atom. The first-order chi connectivity index (χ1) is 17.9. The van der Waals surface area contributed by atoms with Crippen molar-refractivity contribution in [1.29, 1.82) is 0 Å². The number of hydrogen-bond acceptors (Lipinski definition) is 6. The minimum atomic E-state index is -0.749. The number of aliphatic hydroxyl groups is 1. The zero-order valence-corrected chi connectivity index (χ0v) is 20.7. The molecule has 0 aliphatic carbocycles. The van der Waals surface area contributed by atoms with Gasteiger partial charge in [-0.25, -0.2) is 0 Å². The first-order valence-corrected chi connectivity index (χ1v) is 12.5. The number of phenolic OH excluding ortho intramolecular Hbond substituents is 1. The average Bonchev–Trinajstić information content (AvgIpc) is 2.94. The second kappa shape index (κ2) is 10.6. The summed E-state index contributed by atoms with van der Waals surface area (Å²) in [6, 6.07) is 17.7. The predicted molar refractivity (Wildman–Crippen MR) is 139 cm³/mol. The average molecular weight is 502 g/mol. The van der Waals surface area contributed by atoms with Crippen LogP contribution in [-0.4, -0.2) is 59.3 Å². The van der Waals surface area contributed by atoms with Crippen LogP contribution in [0.4, 0.5) is 0 Å². The summed E-state index contributed by atoms with van der Waals surface area (Å²) in [6.07, 6.45) is 0.542. The molecule has 192 valence electrons. The molecule has 2 aliphatic rings. The second-order valence-corrected chi connectivity index (χ2v) is 9.61. The molecule has 0 spiro atoms. The summed E-state index contributed by atoms with van der Waals surface area (Å²) in [4.78, 5) is 27.6. The first-order valence-electron chi connectivity index (χ1n) is 12.5. The van der Waals surface area contributed by atoms with Crippen LogP contribution in [0.25, 0.3) is 0 Å². The lowest BCUT2D eigenvalue weighted by Gasteiger charge is -2.30. The number of amides is 2. The van der Waals surface area contributed by atoms with Crippen molar-refractivity contribution >= 4 is 11.8 Å². The Bertz CT molecular complexity index is 1310. The van der Waals surface area contributed by atoms with Crippen molar-refractivity contribution in [2.24, 2.45) is 0 Å². The van der Waals surface area contributed by atoms with Gasteiger partial charge in [0.1, 0.15) is 11.5 Å². The number of rotatable bonds is 6. The van der Waals surface area contributed by atoms with Crippen molar-refractivity contribution in [3.63, 3.8) is 0 Å². The molecule has 3 aromatic carbocycles.